The average Bonchev–Trinajstić information content (AvgIpc) is 3.53. The van der Waals surface area contributed by atoms with E-state index in [1.165, 1.54) is 17.1 Å². The standard InChI is InChI=1S/C24H21FN2O4/c25-19-9-1-2-10-20(19)31-15-22(28)27-24(21-11-5-13-30-21)18-8-3-6-16(23(18)26-27)14-17-7-4-12-29-17/h1-2,4-5,7,9-14,18,24H,3,6,8,15H2/b16-14-/t18-,24-/m0/s1. The van der Waals surface area contributed by atoms with Crippen LogP contribution in [0.15, 0.2) is 80.6 Å². The Kier molecular flexibility index (Phi) is 5.16. The van der Waals surface area contributed by atoms with Crippen molar-refractivity contribution in [3.05, 3.63) is 84.0 Å². The van der Waals surface area contributed by atoms with Gasteiger partial charge in [0.15, 0.2) is 18.2 Å². The zero-order chi connectivity index (χ0) is 21.2. The Hall–Kier alpha value is -3.61. The zero-order valence-electron chi connectivity index (χ0n) is 16.7. The summed E-state index contributed by atoms with van der Waals surface area (Å²) in [7, 11) is 0. The van der Waals surface area contributed by atoms with Crippen LogP contribution in [0, 0.1) is 11.7 Å². The predicted molar refractivity (Wildman–Crippen MR) is 112 cm³/mol. The molecule has 1 saturated carbocycles. The van der Waals surface area contributed by atoms with Gasteiger partial charge in [-0.15, -0.1) is 0 Å². The van der Waals surface area contributed by atoms with E-state index in [0.717, 1.165) is 36.3 Å². The minimum atomic E-state index is -0.511. The van der Waals surface area contributed by atoms with Gasteiger partial charge in [-0.1, -0.05) is 12.1 Å². The molecule has 7 heteroatoms. The molecule has 0 unspecified atom stereocenters. The molecule has 2 aromatic heterocycles. The van der Waals surface area contributed by atoms with Crippen LogP contribution < -0.4 is 4.74 Å². The maximum absolute atomic E-state index is 13.9. The highest BCUT2D eigenvalue weighted by Gasteiger charge is 2.45. The number of rotatable bonds is 5. The monoisotopic (exact) mass is 420 g/mol. The van der Waals surface area contributed by atoms with Crippen LogP contribution in [-0.4, -0.2) is 23.2 Å². The fraction of sp³-hybridized carbons (Fsp3) is 0.250. The van der Waals surface area contributed by atoms with Gasteiger partial charge in [0.2, 0.25) is 0 Å². The minimum absolute atomic E-state index is 0.0125. The van der Waals surface area contributed by atoms with E-state index in [4.69, 9.17) is 18.7 Å². The lowest BCUT2D eigenvalue weighted by atomic mass is 9.79. The molecule has 2 aliphatic rings. The van der Waals surface area contributed by atoms with Crippen molar-refractivity contribution in [1.82, 2.24) is 5.01 Å². The van der Waals surface area contributed by atoms with Crippen LogP contribution >= 0.6 is 0 Å². The number of fused-ring (bicyclic) bond motifs is 1. The number of halogens is 1. The lowest BCUT2D eigenvalue weighted by Gasteiger charge is -2.27. The minimum Gasteiger partial charge on any atom is -0.481 e. The summed E-state index contributed by atoms with van der Waals surface area (Å²) in [6.45, 7) is -0.321. The highest BCUT2D eigenvalue weighted by atomic mass is 19.1. The van der Waals surface area contributed by atoms with Crippen molar-refractivity contribution in [2.75, 3.05) is 6.61 Å². The van der Waals surface area contributed by atoms with Gasteiger partial charge >= 0.3 is 0 Å². The Balaban J connectivity index is 1.44. The Morgan fingerprint density at radius 1 is 1.16 bits per heavy atom. The quantitative estimate of drug-likeness (QED) is 0.568. The summed E-state index contributed by atoms with van der Waals surface area (Å²) in [5, 5.41) is 6.13. The summed E-state index contributed by atoms with van der Waals surface area (Å²) in [6, 6.07) is 13.0. The van der Waals surface area contributed by atoms with Crippen LogP contribution in [0.3, 0.4) is 0 Å². The summed E-state index contributed by atoms with van der Waals surface area (Å²) in [6.07, 6.45) is 7.92. The normalized spacial score (nSPS) is 21.8. The molecule has 0 spiro atoms. The molecule has 3 aromatic rings. The Morgan fingerprint density at radius 2 is 2.00 bits per heavy atom. The highest BCUT2D eigenvalue weighted by Crippen LogP contribution is 2.44. The summed E-state index contributed by atoms with van der Waals surface area (Å²) in [5.41, 5.74) is 1.91. The summed E-state index contributed by atoms with van der Waals surface area (Å²) < 4.78 is 30.5. The number of benzene rings is 1. The molecular weight excluding hydrogens is 399 g/mol. The second-order valence-corrected chi connectivity index (χ2v) is 7.59. The number of furan rings is 2. The van der Waals surface area contributed by atoms with E-state index in [1.807, 2.05) is 24.3 Å². The average molecular weight is 420 g/mol. The third-order valence-corrected chi connectivity index (χ3v) is 5.64. The van der Waals surface area contributed by atoms with Gasteiger partial charge in [0, 0.05) is 5.92 Å². The highest BCUT2D eigenvalue weighted by molar-refractivity contribution is 6.08. The van der Waals surface area contributed by atoms with Crippen molar-refractivity contribution < 1.29 is 22.8 Å². The van der Waals surface area contributed by atoms with Crippen molar-refractivity contribution in [3.63, 3.8) is 0 Å². The molecule has 6 nitrogen and oxygen atoms in total. The Morgan fingerprint density at radius 3 is 2.77 bits per heavy atom. The smallest absolute Gasteiger partial charge is 0.281 e. The first-order valence-corrected chi connectivity index (χ1v) is 10.3. The lowest BCUT2D eigenvalue weighted by Crippen LogP contribution is -2.34. The molecule has 3 heterocycles. The summed E-state index contributed by atoms with van der Waals surface area (Å²) >= 11 is 0. The van der Waals surface area contributed by atoms with Crippen LogP contribution in [0.25, 0.3) is 6.08 Å². The lowest BCUT2D eigenvalue weighted by molar-refractivity contribution is -0.136. The number of carbonyl (C=O) groups is 1. The molecule has 0 N–H and O–H groups in total. The van der Waals surface area contributed by atoms with Gasteiger partial charge in [-0.25, -0.2) is 9.40 Å². The van der Waals surface area contributed by atoms with Crippen molar-refractivity contribution in [2.24, 2.45) is 11.0 Å². The van der Waals surface area contributed by atoms with Gasteiger partial charge in [0.05, 0.1) is 18.2 Å². The first kappa shape index (κ1) is 19.4. The largest absolute Gasteiger partial charge is 0.481 e. The predicted octanol–water partition coefficient (Wildman–Crippen LogP) is 5.21. The van der Waals surface area contributed by atoms with Crippen molar-refractivity contribution >= 4 is 17.7 Å². The number of hydrogen-bond acceptors (Lipinski definition) is 5. The second kappa shape index (κ2) is 8.26. The molecule has 1 fully saturated rings. The van der Waals surface area contributed by atoms with E-state index in [2.05, 4.69) is 0 Å². The number of nitrogens with zero attached hydrogens (tertiary/aromatic N) is 2. The molecule has 0 saturated heterocycles. The topological polar surface area (TPSA) is 68.2 Å². The maximum atomic E-state index is 13.9. The Labute approximate surface area is 178 Å². The SMILES string of the molecule is O=C(COc1ccccc1F)N1N=C2/C(=C\c3ccco3)CCC[C@@H]2[C@H]1c1ccco1. The van der Waals surface area contributed by atoms with E-state index in [-0.39, 0.29) is 30.2 Å². The van der Waals surface area contributed by atoms with E-state index in [1.54, 1.807) is 30.7 Å². The van der Waals surface area contributed by atoms with Crippen LogP contribution in [0.2, 0.25) is 0 Å². The van der Waals surface area contributed by atoms with E-state index < -0.39 is 5.82 Å². The molecule has 0 bridgehead atoms. The van der Waals surface area contributed by atoms with Gasteiger partial charge in [0.1, 0.15) is 17.6 Å². The molecule has 2 atom stereocenters. The first-order chi connectivity index (χ1) is 15.2. The first-order valence-electron chi connectivity index (χ1n) is 10.3. The number of hydrazone groups is 1. The number of ether oxygens (including phenoxy) is 1. The van der Waals surface area contributed by atoms with Crippen molar-refractivity contribution in [3.8, 4) is 5.75 Å². The van der Waals surface area contributed by atoms with Gasteiger partial charge in [-0.2, -0.15) is 5.10 Å². The van der Waals surface area contributed by atoms with E-state index >= 15 is 0 Å². The molecule has 1 amide bonds. The number of carbonyl (C=O) groups excluding carboxylic acids is 1. The number of allylic oxidation sites excluding steroid dienone is 1. The second-order valence-electron chi connectivity index (χ2n) is 7.59. The number of amides is 1. The molecule has 5 rings (SSSR count). The molecule has 158 valence electrons. The van der Waals surface area contributed by atoms with E-state index in [9.17, 15) is 9.18 Å². The number of hydrogen-bond donors (Lipinski definition) is 0. The summed E-state index contributed by atoms with van der Waals surface area (Å²) in [4.78, 5) is 13.1. The van der Waals surface area contributed by atoms with Gasteiger partial charge < -0.3 is 13.6 Å². The van der Waals surface area contributed by atoms with Crippen molar-refractivity contribution in [2.45, 2.75) is 25.3 Å². The van der Waals surface area contributed by atoms with Crippen LogP contribution in [0.5, 0.6) is 5.75 Å². The Bertz CT molecular complexity index is 1120. The molecule has 1 aliphatic carbocycles. The van der Waals surface area contributed by atoms with E-state index in [0.29, 0.717) is 5.76 Å². The summed E-state index contributed by atoms with van der Waals surface area (Å²) in [5.74, 6) is 0.598. The maximum Gasteiger partial charge on any atom is 0.281 e. The molecule has 1 aliphatic heterocycles. The third kappa shape index (κ3) is 3.79. The molecule has 0 radical (unpaired) electrons. The van der Waals surface area contributed by atoms with Gasteiger partial charge in [-0.3, -0.25) is 4.79 Å². The van der Waals surface area contributed by atoms with Crippen molar-refractivity contribution in [1.29, 1.82) is 0 Å². The number of para-hydroxylation sites is 1. The zero-order valence-corrected chi connectivity index (χ0v) is 16.7. The molecule has 1 aromatic carbocycles. The van der Waals surface area contributed by atoms with Crippen LogP contribution in [0.1, 0.15) is 36.8 Å². The van der Waals surface area contributed by atoms with Crippen LogP contribution in [-0.2, 0) is 4.79 Å². The molecular formula is C24H21FN2O4. The fourth-order valence-electron chi connectivity index (χ4n) is 4.26. The fourth-order valence-corrected chi connectivity index (χ4v) is 4.26. The molecule has 31 heavy (non-hydrogen) atoms. The third-order valence-electron chi connectivity index (χ3n) is 5.64. The van der Waals surface area contributed by atoms with Gasteiger partial charge in [0.25, 0.3) is 5.91 Å². The van der Waals surface area contributed by atoms with Gasteiger partial charge in [-0.05, 0) is 67.3 Å². The van der Waals surface area contributed by atoms with Crippen LogP contribution in [0.4, 0.5) is 4.39 Å².